The second kappa shape index (κ2) is 9.13. The van der Waals surface area contributed by atoms with E-state index in [-0.39, 0.29) is 16.9 Å². The smallest absolute Gasteiger partial charge is 0.203 e. The van der Waals surface area contributed by atoms with Gasteiger partial charge in [0.1, 0.15) is 6.10 Å². The van der Waals surface area contributed by atoms with E-state index in [1.165, 1.54) is 0 Å². The molecular weight excluding hydrogens is 336 g/mol. The Morgan fingerprint density at radius 1 is 0.923 bits per heavy atom. The van der Waals surface area contributed by atoms with E-state index in [1.807, 2.05) is 0 Å². The van der Waals surface area contributed by atoms with Gasteiger partial charge in [-0.15, -0.1) is 20.4 Å². The fraction of sp³-hybridized carbons (Fsp3) is 0.875. The van der Waals surface area contributed by atoms with Crippen LogP contribution >= 0.6 is 0 Å². The zero-order valence-corrected chi connectivity index (χ0v) is 16.3. The molecule has 0 saturated carbocycles. The lowest BCUT2D eigenvalue weighted by molar-refractivity contribution is -0.0202. The third kappa shape index (κ3) is 7.52. The zero-order valence-electron chi connectivity index (χ0n) is 16.3. The largest absolute Gasteiger partial charge is 0.379 e. The lowest BCUT2D eigenvalue weighted by Crippen LogP contribution is -2.20. The van der Waals surface area contributed by atoms with Gasteiger partial charge in [-0.3, -0.25) is 0 Å². The number of H-pyrrole nitrogens is 2. The number of hydrogen-bond acceptors (Lipinski definition) is 8. The number of hydrogen-bond donors (Lipinski definition) is 2. The standard InChI is InChI=1S/C16H30N8O2/c1-15(2,3)10-12(14-19-23-24-20-14)26-9-8-25-7-6-16(4,5)11-13-17-21-22-18-13/h12H,6-11H2,1-5H3,(H,17,18,21,22)(H,19,20,23,24). The van der Waals surface area contributed by atoms with Crippen molar-refractivity contribution < 1.29 is 9.47 Å². The predicted octanol–water partition coefficient (Wildman–Crippen LogP) is 1.88. The van der Waals surface area contributed by atoms with Gasteiger partial charge in [-0.05, 0) is 23.7 Å². The lowest BCUT2D eigenvalue weighted by atomic mass is 9.86. The minimum absolute atomic E-state index is 0.0458. The highest BCUT2D eigenvalue weighted by Crippen LogP contribution is 2.30. The van der Waals surface area contributed by atoms with E-state index in [1.54, 1.807) is 0 Å². The van der Waals surface area contributed by atoms with Gasteiger partial charge in [0.05, 0.1) is 13.2 Å². The molecule has 26 heavy (non-hydrogen) atoms. The Labute approximate surface area is 153 Å². The first-order valence-electron chi connectivity index (χ1n) is 8.90. The van der Waals surface area contributed by atoms with Crippen LogP contribution in [0.4, 0.5) is 0 Å². The van der Waals surface area contributed by atoms with Gasteiger partial charge in [0.2, 0.25) is 5.82 Å². The van der Waals surface area contributed by atoms with E-state index in [0.717, 1.165) is 25.1 Å². The van der Waals surface area contributed by atoms with E-state index in [0.29, 0.717) is 25.6 Å². The Balaban J connectivity index is 1.66. The summed E-state index contributed by atoms with van der Waals surface area (Å²) in [5.74, 6) is 1.31. The normalized spacial score (nSPS) is 13.9. The van der Waals surface area contributed by atoms with Crippen LogP contribution in [0.5, 0.6) is 0 Å². The molecule has 2 N–H and O–H groups in total. The highest BCUT2D eigenvalue weighted by Gasteiger charge is 2.24. The lowest BCUT2D eigenvalue weighted by Gasteiger charge is -2.24. The van der Waals surface area contributed by atoms with Gasteiger partial charge in [-0.1, -0.05) is 45.0 Å². The van der Waals surface area contributed by atoms with Crippen molar-refractivity contribution in [1.82, 2.24) is 41.2 Å². The van der Waals surface area contributed by atoms with Crippen LogP contribution in [-0.4, -0.2) is 61.1 Å². The van der Waals surface area contributed by atoms with Crippen LogP contribution in [0.15, 0.2) is 0 Å². The Kier molecular flexibility index (Phi) is 7.15. The minimum atomic E-state index is -0.188. The summed E-state index contributed by atoms with van der Waals surface area (Å²) in [4.78, 5) is 0. The van der Waals surface area contributed by atoms with Crippen LogP contribution in [-0.2, 0) is 15.9 Å². The molecule has 0 radical (unpaired) electrons. The maximum atomic E-state index is 5.94. The monoisotopic (exact) mass is 366 g/mol. The molecule has 0 bridgehead atoms. The van der Waals surface area contributed by atoms with Gasteiger partial charge < -0.3 is 9.47 Å². The predicted molar refractivity (Wildman–Crippen MR) is 94.0 cm³/mol. The number of aromatic nitrogens is 8. The SMILES string of the molecule is CC(C)(C)CC(OCCOCCC(C)(C)Cc1nn[nH]n1)c1nn[nH]n1. The van der Waals surface area contributed by atoms with Gasteiger partial charge in [0.15, 0.2) is 5.82 Å². The summed E-state index contributed by atoms with van der Waals surface area (Å²) in [6.07, 6.45) is 2.28. The maximum Gasteiger partial charge on any atom is 0.203 e. The van der Waals surface area contributed by atoms with Crippen LogP contribution in [0.2, 0.25) is 0 Å². The molecule has 0 aliphatic rings. The molecule has 0 aliphatic heterocycles. The third-order valence-corrected chi connectivity index (χ3v) is 3.94. The number of tetrazole rings is 2. The molecule has 2 heterocycles. The molecule has 146 valence electrons. The first-order chi connectivity index (χ1) is 12.3. The van der Waals surface area contributed by atoms with Crippen LogP contribution in [0.25, 0.3) is 0 Å². The number of nitrogens with one attached hydrogen (secondary N) is 2. The molecule has 2 rings (SSSR count). The second-order valence-electron chi connectivity index (χ2n) is 8.43. The number of nitrogens with zero attached hydrogens (tertiary/aromatic N) is 6. The van der Waals surface area contributed by atoms with E-state index >= 15 is 0 Å². The quantitative estimate of drug-likeness (QED) is 0.577. The van der Waals surface area contributed by atoms with Crippen LogP contribution in [0, 0.1) is 10.8 Å². The number of ether oxygens (including phenoxy) is 2. The first-order valence-corrected chi connectivity index (χ1v) is 8.90. The van der Waals surface area contributed by atoms with Crippen molar-refractivity contribution in [1.29, 1.82) is 0 Å². The molecule has 0 spiro atoms. The Bertz CT molecular complexity index is 607. The molecule has 0 saturated heterocycles. The molecule has 10 nitrogen and oxygen atoms in total. The average molecular weight is 366 g/mol. The zero-order chi connectivity index (χ0) is 19.0. The molecule has 0 fully saturated rings. The second-order valence-corrected chi connectivity index (χ2v) is 8.43. The first kappa shape index (κ1) is 20.4. The van der Waals surface area contributed by atoms with Crippen molar-refractivity contribution in [3.63, 3.8) is 0 Å². The van der Waals surface area contributed by atoms with E-state index < -0.39 is 0 Å². The van der Waals surface area contributed by atoms with E-state index in [4.69, 9.17) is 9.47 Å². The summed E-state index contributed by atoms with van der Waals surface area (Å²) in [7, 11) is 0. The van der Waals surface area contributed by atoms with Gasteiger partial charge in [0, 0.05) is 13.0 Å². The molecule has 2 aromatic rings. The topological polar surface area (TPSA) is 127 Å². The molecule has 0 aromatic carbocycles. The van der Waals surface area contributed by atoms with Gasteiger partial charge in [-0.25, -0.2) is 0 Å². The highest BCUT2D eigenvalue weighted by atomic mass is 16.5. The third-order valence-electron chi connectivity index (χ3n) is 3.94. The van der Waals surface area contributed by atoms with Crippen molar-refractivity contribution in [3.8, 4) is 0 Å². The Morgan fingerprint density at radius 2 is 1.65 bits per heavy atom. The Morgan fingerprint density at radius 3 is 2.27 bits per heavy atom. The number of aromatic amines is 2. The summed E-state index contributed by atoms with van der Waals surface area (Å²) in [5, 5.41) is 28.3. The average Bonchev–Trinajstić information content (AvgIpc) is 3.21. The molecule has 2 aromatic heterocycles. The molecule has 0 aliphatic carbocycles. The van der Waals surface area contributed by atoms with Crippen molar-refractivity contribution in [3.05, 3.63) is 11.6 Å². The summed E-state index contributed by atoms with van der Waals surface area (Å²) in [6.45, 7) is 12.5. The fourth-order valence-corrected chi connectivity index (χ4v) is 2.56. The summed E-state index contributed by atoms with van der Waals surface area (Å²) in [5.41, 5.74) is 0.148. The van der Waals surface area contributed by atoms with Crippen molar-refractivity contribution in [2.45, 2.75) is 60.0 Å². The summed E-state index contributed by atoms with van der Waals surface area (Å²) in [6, 6.07) is 0. The molecule has 10 heteroatoms. The van der Waals surface area contributed by atoms with E-state index in [9.17, 15) is 0 Å². The van der Waals surface area contributed by atoms with Crippen molar-refractivity contribution >= 4 is 0 Å². The highest BCUT2D eigenvalue weighted by molar-refractivity contribution is 4.87. The molecule has 1 atom stereocenters. The molecule has 1 unspecified atom stereocenters. The summed E-state index contributed by atoms with van der Waals surface area (Å²) < 4.78 is 11.7. The minimum Gasteiger partial charge on any atom is -0.379 e. The Hall–Kier alpha value is -1.94. The molecule has 0 amide bonds. The summed E-state index contributed by atoms with van der Waals surface area (Å²) >= 11 is 0. The fourth-order valence-electron chi connectivity index (χ4n) is 2.56. The van der Waals surface area contributed by atoms with Crippen LogP contribution in [0.1, 0.15) is 65.2 Å². The van der Waals surface area contributed by atoms with Crippen molar-refractivity contribution in [2.24, 2.45) is 10.8 Å². The number of rotatable bonds is 11. The maximum absolute atomic E-state index is 5.94. The van der Waals surface area contributed by atoms with E-state index in [2.05, 4.69) is 75.9 Å². The molecular formula is C16H30N8O2. The van der Waals surface area contributed by atoms with Gasteiger partial charge >= 0.3 is 0 Å². The van der Waals surface area contributed by atoms with Gasteiger partial charge in [0.25, 0.3) is 0 Å². The van der Waals surface area contributed by atoms with Crippen molar-refractivity contribution in [2.75, 3.05) is 19.8 Å². The van der Waals surface area contributed by atoms with Crippen LogP contribution < -0.4 is 0 Å². The van der Waals surface area contributed by atoms with Crippen LogP contribution in [0.3, 0.4) is 0 Å². The van der Waals surface area contributed by atoms with Gasteiger partial charge in [-0.2, -0.15) is 10.4 Å².